The lowest BCUT2D eigenvalue weighted by atomic mass is 9.82. The van der Waals surface area contributed by atoms with Crippen LogP contribution in [0.15, 0.2) is 41.0 Å². The third-order valence-electron chi connectivity index (χ3n) is 6.05. The lowest BCUT2D eigenvalue weighted by Crippen LogP contribution is -2.51. The maximum absolute atomic E-state index is 12.7. The summed E-state index contributed by atoms with van der Waals surface area (Å²) in [6.45, 7) is 3.12. The summed E-state index contributed by atoms with van der Waals surface area (Å²) in [4.78, 5) is 38.2. The van der Waals surface area contributed by atoms with Crippen molar-refractivity contribution < 1.29 is 28.3 Å². The average Bonchev–Trinajstić information content (AvgIpc) is 3.29. The van der Waals surface area contributed by atoms with Gasteiger partial charge in [-0.1, -0.05) is 0 Å². The number of nitrogens with zero attached hydrogens (tertiary/aromatic N) is 1. The number of rotatable bonds is 7. The highest BCUT2D eigenvalue weighted by Gasteiger charge is 2.43. The van der Waals surface area contributed by atoms with Crippen LogP contribution < -0.4 is 14.8 Å². The Morgan fingerprint density at radius 3 is 2.75 bits per heavy atom. The van der Waals surface area contributed by atoms with Crippen LogP contribution in [0, 0.1) is 0 Å². The van der Waals surface area contributed by atoms with Crippen molar-refractivity contribution in [1.82, 2.24) is 10.2 Å². The Balaban J connectivity index is 1.29. The molecule has 0 saturated carbocycles. The number of Topliss-reactive ketones (excluding diaryl/α,β-unsaturated/α-hetero) is 1. The van der Waals surface area contributed by atoms with Crippen LogP contribution in [0.2, 0.25) is 0 Å². The molecule has 1 fully saturated rings. The highest BCUT2D eigenvalue weighted by atomic mass is 16.5. The number of likely N-dealkylation sites (tertiary alicyclic amines) is 1. The lowest BCUT2D eigenvalue weighted by molar-refractivity contribution is -0.132. The van der Waals surface area contributed by atoms with E-state index in [2.05, 4.69) is 5.32 Å². The van der Waals surface area contributed by atoms with Crippen molar-refractivity contribution in [2.45, 2.75) is 44.6 Å². The minimum absolute atomic E-state index is 0.0309. The number of hydrogen-bond donors (Lipinski definition) is 1. The first kappa shape index (κ1) is 21.9. The zero-order chi connectivity index (χ0) is 22.6. The Morgan fingerprint density at radius 1 is 1.22 bits per heavy atom. The van der Waals surface area contributed by atoms with Crippen molar-refractivity contribution >= 4 is 17.6 Å². The van der Waals surface area contributed by atoms with Crippen molar-refractivity contribution in [3.05, 3.63) is 47.9 Å². The second-order valence-electron chi connectivity index (χ2n) is 8.37. The summed E-state index contributed by atoms with van der Waals surface area (Å²) in [6.07, 6.45) is 4.71. The van der Waals surface area contributed by atoms with E-state index in [1.165, 1.54) is 0 Å². The van der Waals surface area contributed by atoms with E-state index in [9.17, 15) is 14.4 Å². The third-order valence-corrected chi connectivity index (χ3v) is 6.05. The largest absolute Gasteiger partial charge is 0.486 e. The van der Waals surface area contributed by atoms with Crippen LogP contribution in [0.4, 0.5) is 0 Å². The number of nitrogens with one attached hydrogen (secondary N) is 1. The van der Waals surface area contributed by atoms with Gasteiger partial charge >= 0.3 is 0 Å². The van der Waals surface area contributed by atoms with Gasteiger partial charge in [0.05, 0.1) is 18.2 Å². The maximum atomic E-state index is 12.7. The van der Waals surface area contributed by atoms with Gasteiger partial charge < -0.3 is 24.1 Å². The first-order chi connectivity index (χ1) is 15.4. The van der Waals surface area contributed by atoms with Crippen molar-refractivity contribution in [3.8, 4) is 11.5 Å². The normalized spacial score (nSPS) is 16.9. The molecule has 0 unspecified atom stereocenters. The summed E-state index contributed by atoms with van der Waals surface area (Å²) >= 11 is 0. The number of ketones is 1. The van der Waals surface area contributed by atoms with Crippen LogP contribution in [0.3, 0.4) is 0 Å². The van der Waals surface area contributed by atoms with E-state index in [1.54, 1.807) is 36.3 Å². The molecule has 2 aliphatic rings. The summed E-state index contributed by atoms with van der Waals surface area (Å²) < 4.78 is 17.2. The summed E-state index contributed by atoms with van der Waals surface area (Å²) in [5, 5.41) is 2.82. The lowest BCUT2D eigenvalue weighted by Gasteiger charge is -2.43. The van der Waals surface area contributed by atoms with Crippen LogP contribution in [0.1, 0.15) is 48.7 Å². The Hall–Kier alpha value is -3.29. The molecule has 2 aliphatic heterocycles. The van der Waals surface area contributed by atoms with Crippen LogP contribution in [-0.4, -0.2) is 54.3 Å². The quantitative estimate of drug-likeness (QED) is 0.665. The second-order valence-corrected chi connectivity index (χ2v) is 8.37. The van der Waals surface area contributed by atoms with E-state index in [1.807, 2.05) is 12.1 Å². The van der Waals surface area contributed by atoms with Crippen molar-refractivity contribution in [2.75, 3.05) is 26.2 Å². The van der Waals surface area contributed by atoms with Crippen LogP contribution >= 0.6 is 0 Å². The number of ether oxygens (including phenoxy) is 2. The van der Waals surface area contributed by atoms with Gasteiger partial charge in [0.1, 0.15) is 22.9 Å². The van der Waals surface area contributed by atoms with Gasteiger partial charge in [-0.25, -0.2) is 0 Å². The summed E-state index contributed by atoms with van der Waals surface area (Å²) in [5.41, 5.74) is -0.0561. The van der Waals surface area contributed by atoms with Gasteiger partial charge in [-0.05, 0) is 30.7 Å². The molecule has 170 valence electrons. The Bertz CT molecular complexity index is 976. The number of amides is 2. The molecule has 32 heavy (non-hydrogen) atoms. The minimum atomic E-state index is -0.583. The fraction of sp³-hybridized carbons (Fsp3) is 0.458. The van der Waals surface area contributed by atoms with E-state index in [0.29, 0.717) is 56.0 Å². The number of fused-ring (bicyclic) bond motifs is 1. The zero-order valence-electron chi connectivity index (χ0n) is 18.2. The summed E-state index contributed by atoms with van der Waals surface area (Å²) in [6, 6.07) is 8.79. The monoisotopic (exact) mass is 440 g/mol. The predicted molar refractivity (Wildman–Crippen MR) is 116 cm³/mol. The Labute approximate surface area is 186 Å². The molecular weight excluding hydrogens is 412 g/mol. The van der Waals surface area contributed by atoms with Crippen molar-refractivity contribution in [1.29, 1.82) is 0 Å². The molecule has 4 rings (SSSR count). The average molecular weight is 440 g/mol. The zero-order valence-corrected chi connectivity index (χ0v) is 18.2. The van der Waals surface area contributed by atoms with E-state index in [0.717, 1.165) is 18.6 Å². The van der Waals surface area contributed by atoms with Crippen LogP contribution in [0.25, 0.3) is 0 Å². The van der Waals surface area contributed by atoms with Gasteiger partial charge in [0.15, 0.2) is 12.4 Å². The van der Waals surface area contributed by atoms with Crippen LogP contribution in [-0.2, 0) is 16.0 Å². The molecule has 1 aromatic heterocycles. The number of benzene rings is 1. The van der Waals surface area contributed by atoms with Crippen molar-refractivity contribution in [3.63, 3.8) is 0 Å². The standard InChI is InChI=1S/C24H28N2O6/c1-17(27)26-11-8-24(9-12-26)15-21(28)20-7-6-19(14-22(20)32-24)31-16-23(29)25-10-2-4-18-5-3-13-30-18/h3,5-7,13-14H,2,4,8-12,15-16H2,1H3,(H,25,29). The molecule has 0 aliphatic carbocycles. The Kier molecular flexibility index (Phi) is 6.48. The number of carbonyl (C=O) groups excluding carboxylic acids is 3. The first-order valence-electron chi connectivity index (χ1n) is 11.0. The molecule has 8 nitrogen and oxygen atoms in total. The van der Waals surface area contributed by atoms with Gasteiger partial charge in [0.2, 0.25) is 5.91 Å². The molecule has 1 N–H and O–H groups in total. The fourth-order valence-electron chi connectivity index (χ4n) is 4.22. The molecule has 1 saturated heterocycles. The van der Waals surface area contributed by atoms with Gasteiger partial charge in [-0.3, -0.25) is 14.4 Å². The second kappa shape index (κ2) is 9.46. The molecule has 0 radical (unpaired) electrons. The highest BCUT2D eigenvalue weighted by Crippen LogP contribution is 2.40. The maximum Gasteiger partial charge on any atom is 0.257 e. The van der Waals surface area contributed by atoms with Gasteiger partial charge in [0.25, 0.3) is 5.91 Å². The van der Waals surface area contributed by atoms with Gasteiger partial charge in [-0.2, -0.15) is 0 Å². The Morgan fingerprint density at radius 2 is 2.03 bits per heavy atom. The topological polar surface area (TPSA) is 98.1 Å². The van der Waals surface area contributed by atoms with E-state index in [-0.39, 0.29) is 24.2 Å². The predicted octanol–water partition coefficient (Wildman–Crippen LogP) is 2.75. The number of hydrogen-bond acceptors (Lipinski definition) is 6. The SMILES string of the molecule is CC(=O)N1CCC2(CC1)CC(=O)c1ccc(OCC(=O)NCCCc3ccco3)cc1O2. The number of furan rings is 1. The van der Waals surface area contributed by atoms with Crippen LogP contribution in [0.5, 0.6) is 11.5 Å². The van der Waals surface area contributed by atoms with Gasteiger partial charge in [-0.15, -0.1) is 0 Å². The van der Waals surface area contributed by atoms with E-state index < -0.39 is 5.60 Å². The number of carbonyl (C=O) groups is 3. The molecular formula is C24H28N2O6. The molecule has 0 bridgehead atoms. The molecule has 8 heteroatoms. The first-order valence-corrected chi connectivity index (χ1v) is 11.0. The summed E-state index contributed by atoms with van der Waals surface area (Å²) in [7, 11) is 0. The third kappa shape index (κ3) is 5.12. The smallest absolute Gasteiger partial charge is 0.257 e. The summed E-state index contributed by atoms with van der Waals surface area (Å²) in [5.74, 6) is 1.70. The minimum Gasteiger partial charge on any atom is -0.486 e. The van der Waals surface area contributed by atoms with Crippen molar-refractivity contribution in [2.24, 2.45) is 0 Å². The molecule has 2 amide bonds. The molecule has 2 aromatic rings. The number of piperidine rings is 1. The van der Waals surface area contributed by atoms with E-state index >= 15 is 0 Å². The highest BCUT2D eigenvalue weighted by molar-refractivity contribution is 6.00. The molecule has 0 atom stereocenters. The fourth-order valence-corrected chi connectivity index (χ4v) is 4.22. The molecule has 3 heterocycles. The van der Waals surface area contributed by atoms with Gasteiger partial charge in [0, 0.05) is 51.9 Å². The molecule has 1 aromatic carbocycles. The van der Waals surface area contributed by atoms with E-state index in [4.69, 9.17) is 13.9 Å². The number of aryl methyl sites for hydroxylation is 1. The molecule has 1 spiro atoms.